The molecule has 0 saturated carbocycles. The molecular weight excluding hydrogens is 355 g/mol. The summed E-state index contributed by atoms with van der Waals surface area (Å²) < 4.78 is 16.0. The Hall–Kier alpha value is -3.05. The number of allylic oxidation sites excluding steroid dienone is 2. The summed E-state index contributed by atoms with van der Waals surface area (Å²) in [5, 5.41) is 14.6. The molecule has 0 bridgehead atoms. The first-order valence-corrected chi connectivity index (χ1v) is 8.96. The lowest BCUT2D eigenvalue weighted by Crippen LogP contribution is -2.24. The van der Waals surface area contributed by atoms with E-state index in [1.54, 1.807) is 30.3 Å². The fourth-order valence-corrected chi connectivity index (χ4v) is 3.19. The number of aromatic nitrogens is 2. The zero-order chi connectivity index (χ0) is 20.6. The van der Waals surface area contributed by atoms with Crippen molar-refractivity contribution in [2.75, 3.05) is 0 Å². The summed E-state index contributed by atoms with van der Waals surface area (Å²) in [4.78, 5) is 13.1. The van der Waals surface area contributed by atoms with Crippen LogP contribution in [0.3, 0.4) is 0 Å². The van der Waals surface area contributed by atoms with Crippen molar-refractivity contribution >= 4 is 16.3 Å². The minimum atomic E-state index is -0.583. The van der Waals surface area contributed by atoms with Crippen LogP contribution in [0.2, 0.25) is 0 Å². The molecule has 3 rings (SSSR count). The molecule has 144 valence electrons. The van der Waals surface area contributed by atoms with Crippen molar-refractivity contribution in [3.05, 3.63) is 88.6 Å². The van der Waals surface area contributed by atoms with E-state index in [9.17, 15) is 14.3 Å². The van der Waals surface area contributed by atoms with Gasteiger partial charge in [-0.3, -0.25) is 4.79 Å². The minimum Gasteiger partial charge on any atom is -0.392 e. The molecule has 0 atom stereocenters. The van der Waals surface area contributed by atoms with Crippen molar-refractivity contribution in [3.63, 3.8) is 0 Å². The smallest absolute Gasteiger partial charge is 0.282 e. The van der Waals surface area contributed by atoms with Gasteiger partial charge in [-0.05, 0) is 40.3 Å². The highest BCUT2D eigenvalue weighted by molar-refractivity contribution is 5.83. The first-order valence-electron chi connectivity index (χ1n) is 8.96. The second-order valence-corrected chi connectivity index (χ2v) is 7.72. The van der Waals surface area contributed by atoms with E-state index in [1.165, 1.54) is 12.3 Å². The van der Waals surface area contributed by atoms with E-state index in [0.717, 1.165) is 10.2 Å². The zero-order valence-corrected chi connectivity index (χ0v) is 16.3. The highest BCUT2D eigenvalue weighted by atomic mass is 19.1. The van der Waals surface area contributed by atoms with Gasteiger partial charge >= 0.3 is 0 Å². The van der Waals surface area contributed by atoms with Gasteiger partial charge in [-0.2, -0.15) is 9.78 Å². The minimum absolute atomic E-state index is 0.0279. The van der Waals surface area contributed by atoms with E-state index in [0.29, 0.717) is 27.8 Å². The van der Waals surface area contributed by atoms with Crippen LogP contribution >= 0.6 is 0 Å². The van der Waals surface area contributed by atoms with Gasteiger partial charge in [0, 0.05) is 10.9 Å². The Balaban J connectivity index is 2.31. The van der Waals surface area contributed by atoms with Crippen LogP contribution in [0.5, 0.6) is 0 Å². The predicted octanol–water partition coefficient (Wildman–Crippen LogP) is 4.51. The zero-order valence-electron chi connectivity index (χ0n) is 16.3. The van der Waals surface area contributed by atoms with Crippen LogP contribution in [0.4, 0.5) is 4.39 Å². The van der Waals surface area contributed by atoms with E-state index in [4.69, 9.17) is 0 Å². The van der Waals surface area contributed by atoms with E-state index < -0.39 is 11.4 Å². The van der Waals surface area contributed by atoms with Crippen molar-refractivity contribution < 1.29 is 9.50 Å². The van der Waals surface area contributed by atoms with Gasteiger partial charge in [0.05, 0.1) is 23.9 Å². The molecule has 0 saturated heterocycles. The van der Waals surface area contributed by atoms with E-state index in [-0.39, 0.29) is 17.4 Å². The summed E-state index contributed by atoms with van der Waals surface area (Å²) in [6.45, 7) is 13.2. The van der Waals surface area contributed by atoms with Crippen LogP contribution in [0.1, 0.15) is 37.5 Å². The molecule has 3 aromatic rings. The van der Waals surface area contributed by atoms with E-state index in [1.807, 2.05) is 20.8 Å². The molecule has 0 radical (unpaired) electrons. The summed E-state index contributed by atoms with van der Waals surface area (Å²) in [6.07, 6.45) is 3.05. The number of fused-ring (bicyclic) bond motifs is 1. The average molecular weight is 378 g/mol. The number of benzene rings is 2. The van der Waals surface area contributed by atoms with Crippen molar-refractivity contribution in [1.82, 2.24) is 9.78 Å². The molecule has 1 aromatic heterocycles. The maximum Gasteiger partial charge on any atom is 0.282 e. The first kappa shape index (κ1) is 19.7. The van der Waals surface area contributed by atoms with Gasteiger partial charge in [-0.15, -0.1) is 0 Å². The molecule has 0 spiro atoms. The lowest BCUT2D eigenvalue weighted by Gasteiger charge is -2.20. The van der Waals surface area contributed by atoms with Crippen LogP contribution in [0.25, 0.3) is 22.0 Å². The van der Waals surface area contributed by atoms with Crippen molar-refractivity contribution in [1.29, 1.82) is 0 Å². The van der Waals surface area contributed by atoms with E-state index in [2.05, 4.69) is 18.3 Å². The second kappa shape index (κ2) is 7.17. The van der Waals surface area contributed by atoms with Gasteiger partial charge in [0.15, 0.2) is 0 Å². The number of hydrogen-bond donors (Lipinski definition) is 1. The van der Waals surface area contributed by atoms with Gasteiger partial charge < -0.3 is 5.11 Å². The molecule has 0 amide bonds. The van der Waals surface area contributed by atoms with Crippen molar-refractivity contribution in [3.8, 4) is 5.69 Å². The fraction of sp³-hybridized carbons (Fsp3) is 0.217. The number of aliphatic hydroxyl groups excluding tert-OH is 1. The maximum atomic E-state index is 14.9. The van der Waals surface area contributed by atoms with Gasteiger partial charge in [-0.1, -0.05) is 52.1 Å². The van der Waals surface area contributed by atoms with E-state index >= 15 is 0 Å². The molecular formula is C23H23FN2O2. The van der Waals surface area contributed by atoms with Gasteiger partial charge in [0.2, 0.25) is 0 Å². The third-order valence-electron chi connectivity index (χ3n) is 4.84. The Morgan fingerprint density at radius 1 is 1.32 bits per heavy atom. The van der Waals surface area contributed by atoms with Gasteiger partial charge in [0.25, 0.3) is 5.56 Å². The summed E-state index contributed by atoms with van der Waals surface area (Å²) in [5.41, 5.74) is 2.09. The molecule has 28 heavy (non-hydrogen) atoms. The molecule has 5 heteroatoms. The van der Waals surface area contributed by atoms with Gasteiger partial charge in [-0.25, -0.2) is 4.39 Å². The molecule has 1 heterocycles. The molecule has 4 nitrogen and oxygen atoms in total. The molecule has 1 N–H and O–H groups in total. The lowest BCUT2D eigenvalue weighted by molar-refractivity contribution is 0.281. The summed E-state index contributed by atoms with van der Waals surface area (Å²) in [6, 6.07) is 8.36. The number of halogens is 1. The standard InChI is InChI=1S/C23H23FN2O2/c1-6-14(2)17-8-7-9-20(18(17)13-27)26-22(28)21-15(12-25-26)10-16(11-19(21)24)23(3,4)5/h6-12,27H,1-2,13H2,3-5H3. The monoisotopic (exact) mass is 378 g/mol. The SMILES string of the molecule is C=CC(=C)c1cccc(-n2ncc3cc(C(C)(C)C)cc(F)c3c2=O)c1CO. The predicted molar refractivity (Wildman–Crippen MR) is 111 cm³/mol. The first-order chi connectivity index (χ1) is 13.2. The molecule has 0 fully saturated rings. The Labute approximate surface area is 163 Å². The third kappa shape index (κ3) is 3.29. The second-order valence-electron chi connectivity index (χ2n) is 7.72. The number of aliphatic hydroxyl groups is 1. The topological polar surface area (TPSA) is 55.1 Å². The molecule has 2 aromatic carbocycles. The number of nitrogens with zero attached hydrogens (tertiary/aromatic N) is 2. The maximum absolute atomic E-state index is 14.9. The molecule has 0 unspecified atom stereocenters. The van der Waals surface area contributed by atoms with Crippen LogP contribution in [-0.2, 0) is 12.0 Å². The summed E-state index contributed by atoms with van der Waals surface area (Å²) in [7, 11) is 0. The average Bonchev–Trinajstić information content (AvgIpc) is 2.66. The summed E-state index contributed by atoms with van der Waals surface area (Å²) >= 11 is 0. The third-order valence-corrected chi connectivity index (χ3v) is 4.84. The Morgan fingerprint density at radius 2 is 2.04 bits per heavy atom. The Morgan fingerprint density at radius 3 is 2.64 bits per heavy atom. The van der Waals surface area contributed by atoms with Crippen molar-refractivity contribution in [2.24, 2.45) is 0 Å². The van der Waals surface area contributed by atoms with Crippen LogP contribution in [-0.4, -0.2) is 14.9 Å². The lowest BCUT2D eigenvalue weighted by atomic mass is 9.86. The normalized spacial score (nSPS) is 11.6. The van der Waals surface area contributed by atoms with Gasteiger partial charge in [0.1, 0.15) is 5.82 Å². The highest BCUT2D eigenvalue weighted by Gasteiger charge is 2.20. The van der Waals surface area contributed by atoms with Crippen LogP contribution in [0, 0.1) is 5.82 Å². The molecule has 0 aliphatic rings. The van der Waals surface area contributed by atoms with Crippen LogP contribution in [0.15, 0.2) is 60.6 Å². The Kier molecular flexibility index (Phi) is 5.04. The fourth-order valence-electron chi connectivity index (χ4n) is 3.19. The number of hydrogen-bond acceptors (Lipinski definition) is 3. The quantitative estimate of drug-likeness (QED) is 0.680. The number of rotatable bonds is 4. The largest absolute Gasteiger partial charge is 0.392 e. The van der Waals surface area contributed by atoms with Crippen molar-refractivity contribution in [2.45, 2.75) is 32.8 Å². The van der Waals surface area contributed by atoms with Crippen LogP contribution < -0.4 is 5.56 Å². The molecule has 0 aliphatic heterocycles. The summed E-state index contributed by atoms with van der Waals surface area (Å²) in [5.74, 6) is -0.583. The Bertz CT molecular complexity index is 1150. The highest BCUT2D eigenvalue weighted by Crippen LogP contribution is 2.28. The molecule has 0 aliphatic carbocycles.